The topological polar surface area (TPSA) is 41.4 Å². The molecule has 1 aliphatic rings. The fourth-order valence-corrected chi connectivity index (χ4v) is 2.79. The Bertz CT molecular complexity index is 493. The Morgan fingerprint density at radius 1 is 1.24 bits per heavy atom. The molecule has 0 aromatic carbocycles. The lowest BCUT2D eigenvalue weighted by Gasteiger charge is -2.32. The Balaban J connectivity index is 2.26. The average Bonchev–Trinajstić information content (AvgIpc) is 2.83. The van der Waals surface area contributed by atoms with E-state index in [1.165, 1.54) is 0 Å². The van der Waals surface area contributed by atoms with Crippen molar-refractivity contribution in [1.82, 2.24) is 19.6 Å². The molecule has 0 aliphatic carbocycles. The van der Waals surface area contributed by atoms with Crippen molar-refractivity contribution in [2.24, 2.45) is 0 Å². The Kier molecular flexibility index (Phi) is 4.71. The maximum absolute atomic E-state index is 12.8. The van der Waals surface area contributed by atoms with Crippen molar-refractivity contribution in [3.63, 3.8) is 0 Å². The highest BCUT2D eigenvalue weighted by Gasteiger charge is 2.27. The lowest BCUT2D eigenvalue weighted by molar-refractivity contribution is 0.0662. The summed E-state index contributed by atoms with van der Waals surface area (Å²) in [6.07, 6.45) is 3.67. The molecule has 0 atom stereocenters. The molecule has 0 spiro atoms. The van der Waals surface area contributed by atoms with Gasteiger partial charge in [-0.2, -0.15) is 5.10 Å². The second-order valence-electron chi connectivity index (χ2n) is 6.93. The molecular formula is C16H28N4O. The van der Waals surface area contributed by atoms with Crippen LogP contribution < -0.4 is 0 Å². The Morgan fingerprint density at radius 3 is 2.38 bits per heavy atom. The van der Waals surface area contributed by atoms with Crippen molar-refractivity contribution in [2.75, 3.05) is 33.2 Å². The molecule has 5 nitrogen and oxygen atoms in total. The summed E-state index contributed by atoms with van der Waals surface area (Å²) < 4.78 is 2.01. The molecule has 1 aliphatic heterocycles. The SMILES string of the molecule is CCCc1c(C(=O)N2CCN(C)CC2)cnn1C(C)(C)C. The number of likely N-dealkylation sites (N-methyl/N-ethyl adjacent to an activating group) is 1. The van der Waals surface area contributed by atoms with Crippen LogP contribution in [0.4, 0.5) is 0 Å². The molecule has 0 saturated carbocycles. The summed E-state index contributed by atoms with van der Waals surface area (Å²) >= 11 is 0. The predicted octanol–water partition coefficient (Wildman–Crippen LogP) is 1.98. The monoisotopic (exact) mass is 292 g/mol. The number of piperazine rings is 1. The maximum atomic E-state index is 12.8. The third kappa shape index (κ3) is 3.46. The van der Waals surface area contributed by atoms with Crippen LogP contribution in [0.5, 0.6) is 0 Å². The van der Waals surface area contributed by atoms with Gasteiger partial charge in [-0.1, -0.05) is 13.3 Å². The van der Waals surface area contributed by atoms with Gasteiger partial charge in [0, 0.05) is 26.2 Å². The van der Waals surface area contributed by atoms with E-state index in [0.717, 1.165) is 50.3 Å². The molecule has 1 fully saturated rings. The van der Waals surface area contributed by atoms with Crippen molar-refractivity contribution in [3.05, 3.63) is 17.5 Å². The van der Waals surface area contributed by atoms with Crippen LogP contribution in [0.25, 0.3) is 0 Å². The van der Waals surface area contributed by atoms with Crippen LogP contribution in [0.2, 0.25) is 0 Å². The van der Waals surface area contributed by atoms with E-state index in [9.17, 15) is 4.79 Å². The number of nitrogens with zero attached hydrogens (tertiary/aromatic N) is 4. The minimum Gasteiger partial charge on any atom is -0.336 e. The van der Waals surface area contributed by atoms with Crippen LogP contribution in [0.15, 0.2) is 6.20 Å². The first-order valence-corrected chi connectivity index (χ1v) is 7.89. The van der Waals surface area contributed by atoms with Crippen LogP contribution in [0.1, 0.15) is 50.2 Å². The van der Waals surface area contributed by atoms with Gasteiger partial charge in [-0.3, -0.25) is 9.48 Å². The maximum Gasteiger partial charge on any atom is 0.257 e. The third-order valence-electron chi connectivity index (χ3n) is 4.01. The van der Waals surface area contributed by atoms with E-state index in [4.69, 9.17) is 0 Å². The normalized spacial score (nSPS) is 17.3. The molecule has 0 unspecified atom stereocenters. The highest BCUT2D eigenvalue weighted by Crippen LogP contribution is 2.22. The molecule has 0 radical (unpaired) electrons. The molecule has 21 heavy (non-hydrogen) atoms. The van der Waals surface area contributed by atoms with E-state index in [0.29, 0.717) is 0 Å². The zero-order chi connectivity index (χ0) is 15.6. The molecule has 1 amide bonds. The molecule has 1 aromatic rings. The number of amides is 1. The second kappa shape index (κ2) is 6.18. The van der Waals surface area contributed by atoms with E-state index in [2.05, 4.69) is 44.7 Å². The lowest BCUT2D eigenvalue weighted by Crippen LogP contribution is -2.47. The quantitative estimate of drug-likeness (QED) is 0.855. The average molecular weight is 292 g/mol. The van der Waals surface area contributed by atoms with Gasteiger partial charge in [-0.05, 0) is 34.2 Å². The second-order valence-corrected chi connectivity index (χ2v) is 6.93. The molecule has 118 valence electrons. The number of carbonyl (C=O) groups is 1. The standard InChI is InChI=1S/C16H28N4O/c1-6-7-14-13(12-17-20(14)16(2,3)4)15(21)19-10-8-18(5)9-11-19/h12H,6-11H2,1-5H3. The molecule has 2 heterocycles. The van der Waals surface area contributed by atoms with Gasteiger partial charge in [0.05, 0.1) is 23.0 Å². The minimum absolute atomic E-state index is 0.0921. The van der Waals surface area contributed by atoms with Gasteiger partial charge >= 0.3 is 0 Å². The van der Waals surface area contributed by atoms with Gasteiger partial charge in [-0.25, -0.2) is 0 Å². The van der Waals surface area contributed by atoms with Gasteiger partial charge in [0.2, 0.25) is 0 Å². The van der Waals surface area contributed by atoms with Crippen LogP contribution >= 0.6 is 0 Å². The summed E-state index contributed by atoms with van der Waals surface area (Å²) in [7, 11) is 2.10. The van der Waals surface area contributed by atoms with Gasteiger partial charge in [0.25, 0.3) is 5.91 Å². The number of rotatable bonds is 3. The van der Waals surface area contributed by atoms with Crippen molar-refractivity contribution >= 4 is 5.91 Å². The largest absolute Gasteiger partial charge is 0.336 e. The Morgan fingerprint density at radius 2 is 1.86 bits per heavy atom. The summed E-state index contributed by atoms with van der Waals surface area (Å²) in [6.45, 7) is 12.0. The molecule has 1 aromatic heterocycles. The van der Waals surface area contributed by atoms with Crippen molar-refractivity contribution in [2.45, 2.75) is 46.1 Å². The van der Waals surface area contributed by atoms with Gasteiger partial charge in [0.15, 0.2) is 0 Å². The van der Waals surface area contributed by atoms with Gasteiger partial charge < -0.3 is 9.80 Å². The van der Waals surface area contributed by atoms with E-state index in [1.54, 1.807) is 6.20 Å². The first kappa shape index (κ1) is 16.0. The summed E-state index contributed by atoms with van der Waals surface area (Å²) in [4.78, 5) is 17.0. The highest BCUT2D eigenvalue weighted by atomic mass is 16.2. The van der Waals surface area contributed by atoms with Gasteiger partial charge in [-0.15, -0.1) is 0 Å². The smallest absolute Gasteiger partial charge is 0.257 e. The Hall–Kier alpha value is -1.36. The molecule has 1 saturated heterocycles. The minimum atomic E-state index is -0.0921. The fraction of sp³-hybridized carbons (Fsp3) is 0.750. The van der Waals surface area contributed by atoms with Gasteiger partial charge in [0.1, 0.15) is 0 Å². The number of hydrogen-bond acceptors (Lipinski definition) is 3. The van der Waals surface area contributed by atoms with Crippen LogP contribution in [-0.2, 0) is 12.0 Å². The molecular weight excluding hydrogens is 264 g/mol. The Labute approximate surface area is 127 Å². The molecule has 2 rings (SSSR count). The zero-order valence-corrected chi connectivity index (χ0v) is 14.0. The molecule has 0 N–H and O–H groups in total. The molecule has 0 bridgehead atoms. The van der Waals surface area contributed by atoms with Crippen LogP contribution in [-0.4, -0.2) is 58.7 Å². The first-order chi connectivity index (χ1) is 9.84. The number of aromatic nitrogens is 2. The fourth-order valence-electron chi connectivity index (χ4n) is 2.79. The van der Waals surface area contributed by atoms with Crippen molar-refractivity contribution < 1.29 is 4.79 Å². The highest BCUT2D eigenvalue weighted by molar-refractivity contribution is 5.95. The van der Waals surface area contributed by atoms with Crippen LogP contribution in [0, 0.1) is 0 Å². The predicted molar refractivity (Wildman–Crippen MR) is 84.6 cm³/mol. The van der Waals surface area contributed by atoms with E-state index in [1.807, 2.05) is 9.58 Å². The number of carbonyl (C=O) groups excluding carboxylic acids is 1. The number of hydrogen-bond donors (Lipinski definition) is 0. The summed E-state index contributed by atoms with van der Waals surface area (Å²) in [5.41, 5.74) is 1.77. The summed E-state index contributed by atoms with van der Waals surface area (Å²) in [5.74, 6) is 0.141. The summed E-state index contributed by atoms with van der Waals surface area (Å²) in [5, 5.41) is 4.50. The van der Waals surface area contributed by atoms with E-state index >= 15 is 0 Å². The molecule has 5 heteroatoms. The van der Waals surface area contributed by atoms with E-state index < -0.39 is 0 Å². The van der Waals surface area contributed by atoms with Crippen LogP contribution in [0.3, 0.4) is 0 Å². The third-order valence-corrected chi connectivity index (χ3v) is 4.01. The van der Waals surface area contributed by atoms with E-state index in [-0.39, 0.29) is 11.4 Å². The van der Waals surface area contributed by atoms with Crippen molar-refractivity contribution in [1.29, 1.82) is 0 Å². The first-order valence-electron chi connectivity index (χ1n) is 7.89. The lowest BCUT2D eigenvalue weighted by atomic mass is 10.1. The van der Waals surface area contributed by atoms with Crippen molar-refractivity contribution in [3.8, 4) is 0 Å². The zero-order valence-electron chi connectivity index (χ0n) is 14.0. The summed E-state index contributed by atoms with van der Waals surface area (Å²) in [6, 6.07) is 0.